The lowest BCUT2D eigenvalue weighted by atomic mass is 10.6. The van der Waals surface area contributed by atoms with Crippen molar-refractivity contribution in [2.75, 3.05) is 0 Å². The summed E-state index contributed by atoms with van der Waals surface area (Å²) in [6.45, 7) is 0. The molecule has 0 amide bonds. The van der Waals surface area contributed by atoms with Gasteiger partial charge in [-0.1, -0.05) is 0 Å². The topological polar surface area (TPSA) is 58.6 Å². The number of carbonyl (C=O) groups excluding carboxylic acids is 1. The fourth-order valence-corrected chi connectivity index (χ4v) is 0.561. The highest BCUT2D eigenvalue weighted by Crippen LogP contribution is 2.25. The third-order valence-corrected chi connectivity index (χ3v) is 1.10. The minimum Gasteiger partial charge on any atom is -0.272 e. The average molecular weight is 200 g/mol. The summed E-state index contributed by atoms with van der Waals surface area (Å²) in [5, 5.41) is 3.34. The van der Waals surface area contributed by atoms with E-state index in [1.54, 1.807) is 0 Å². The highest BCUT2D eigenvalue weighted by atomic mass is 35.5. The van der Waals surface area contributed by atoms with Crippen LogP contribution in [0.25, 0.3) is 0 Å². The van der Waals surface area contributed by atoms with Crippen molar-refractivity contribution < 1.29 is 18.0 Å². The van der Waals surface area contributed by atoms with Crippen molar-refractivity contribution in [3.05, 3.63) is 11.6 Å². The fourth-order valence-electron chi connectivity index (χ4n) is 0.476. The van der Waals surface area contributed by atoms with E-state index < -0.39 is 23.1 Å². The minimum absolute atomic E-state index is 0.691. The molecule has 1 rings (SSSR count). The van der Waals surface area contributed by atoms with E-state index in [9.17, 15) is 18.0 Å². The SMILES string of the molecule is O=C(Cl)c1n[nH]c(C(F)(F)F)n1. The molecule has 12 heavy (non-hydrogen) atoms. The standard InChI is InChI=1S/C4HClF3N3O/c5-1(12)2-9-3(11-10-2)4(6,7)8/h(H,9,10,11). The molecule has 0 spiro atoms. The zero-order valence-electron chi connectivity index (χ0n) is 5.31. The van der Waals surface area contributed by atoms with Crippen LogP contribution in [0.4, 0.5) is 13.2 Å². The van der Waals surface area contributed by atoms with Crippen LogP contribution in [0.3, 0.4) is 0 Å². The first kappa shape index (κ1) is 8.98. The van der Waals surface area contributed by atoms with Gasteiger partial charge >= 0.3 is 6.18 Å². The van der Waals surface area contributed by atoms with E-state index in [4.69, 9.17) is 11.6 Å². The van der Waals surface area contributed by atoms with Gasteiger partial charge in [0.15, 0.2) is 0 Å². The lowest BCUT2D eigenvalue weighted by Crippen LogP contribution is -2.07. The van der Waals surface area contributed by atoms with Gasteiger partial charge in [0.25, 0.3) is 5.24 Å². The first-order chi connectivity index (χ1) is 5.41. The number of rotatable bonds is 1. The molecule has 66 valence electrons. The smallest absolute Gasteiger partial charge is 0.272 e. The second-order valence-electron chi connectivity index (χ2n) is 1.78. The summed E-state index contributed by atoms with van der Waals surface area (Å²) < 4.78 is 35.3. The molecule has 0 unspecified atom stereocenters. The minimum atomic E-state index is -4.64. The van der Waals surface area contributed by atoms with Gasteiger partial charge in [0, 0.05) is 0 Å². The number of aromatic amines is 1. The van der Waals surface area contributed by atoms with E-state index in [0.29, 0.717) is 0 Å². The van der Waals surface area contributed by atoms with Crippen molar-refractivity contribution in [2.24, 2.45) is 0 Å². The molecule has 0 atom stereocenters. The molecule has 0 fully saturated rings. The number of carbonyl (C=O) groups is 1. The Morgan fingerprint density at radius 2 is 2.08 bits per heavy atom. The van der Waals surface area contributed by atoms with E-state index in [1.807, 2.05) is 0 Å². The average Bonchev–Trinajstić information content (AvgIpc) is 2.30. The van der Waals surface area contributed by atoms with Gasteiger partial charge in [0.2, 0.25) is 11.6 Å². The molecule has 0 radical (unpaired) electrons. The lowest BCUT2D eigenvalue weighted by Gasteiger charge is -1.97. The third kappa shape index (κ3) is 1.73. The van der Waals surface area contributed by atoms with Crippen molar-refractivity contribution in [1.82, 2.24) is 15.2 Å². The van der Waals surface area contributed by atoms with Crippen molar-refractivity contribution in [2.45, 2.75) is 6.18 Å². The number of alkyl halides is 3. The van der Waals surface area contributed by atoms with Gasteiger partial charge in [-0.3, -0.25) is 9.89 Å². The second-order valence-corrected chi connectivity index (χ2v) is 2.12. The Hall–Kier alpha value is -1.11. The molecule has 0 saturated carbocycles. The molecular weight excluding hydrogens is 199 g/mol. The van der Waals surface area contributed by atoms with E-state index in [2.05, 4.69) is 10.1 Å². The summed E-state index contributed by atoms with van der Waals surface area (Å²) in [6, 6.07) is 0. The maximum atomic E-state index is 11.8. The first-order valence-corrected chi connectivity index (χ1v) is 2.98. The quantitative estimate of drug-likeness (QED) is 0.692. The molecular formula is C4HClF3N3O. The molecule has 0 saturated heterocycles. The summed E-state index contributed by atoms with van der Waals surface area (Å²) in [4.78, 5) is 13.0. The van der Waals surface area contributed by atoms with Crippen LogP contribution in [-0.4, -0.2) is 20.4 Å². The van der Waals surface area contributed by atoms with Crippen LogP contribution in [0, 0.1) is 0 Å². The summed E-state index contributed by atoms with van der Waals surface area (Å²) in [5.74, 6) is -2.03. The van der Waals surface area contributed by atoms with Crippen molar-refractivity contribution in [3.63, 3.8) is 0 Å². The van der Waals surface area contributed by atoms with Crippen LogP contribution in [0.2, 0.25) is 0 Å². The number of nitrogens with zero attached hydrogens (tertiary/aromatic N) is 2. The zero-order chi connectivity index (χ0) is 9.35. The lowest BCUT2D eigenvalue weighted by molar-refractivity contribution is -0.144. The highest BCUT2D eigenvalue weighted by Gasteiger charge is 2.35. The van der Waals surface area contributed by atoms with Crippen molar-refractivity contribution in [1.29, 1.82) is 0 Å². The van der Waals surface area contributed by atoms with E-state index >= 15 is 0 Å². The van der Waals surface area contributed by atoms with Crippen LogP contribution in [0.1, 0.15) is 16.4 Å². The molecule has 0 aliphatic rings. The maximum Gasteiger partial charge on any atom is 0.451 e. The number of aromatic nitrogens is 3. The molecule has 4 nitrogen and oxygen atoms in total. The van der Waals surface area contributed by atoms with Crippen LogP contribution in [0.15, 0.2) is 0 Å². The molecule has 1 aromatic rings. The molecule has 0 aliphatic heterocycles. The molecule has 8 heteroatoms. The number of H-pyrrole nitrogens is 1. The van der Waals surface area contributed by atoms with Gasteiger partial charge in [-0.2, -0.15) is 18.2 Å². The Labute approximate surface area is 68.7 Å². The fraction of sp³-hybridized carbons (Fsp3) is 0.250. The molecule has 0 bridgehead atoms. The van der Waals surface area contributed by atoms with Gasteiger partial charge < -0.3 is 0 Å². The molecule has 0 aliphatic carbocycles. The summed E-state index contributed by atoms with van der Waals surface area (Å²) in [5.41, 5.74) is 0. The summed E-state index contributed by atoms with van der Waals surface area (Å²) in [6.07, 6.45) is -4.64. The summed E-state index contributed by atoms with van der Waals surface area (Å²) in [7, 11) is 0. The molecule has 1 heterocycles. The Morgan fingerprint density at radius 3 is 2.33 bits per heavy atom. The molecule has 1 aromatic heterocycles. The molecule has 0 aromatic carbocycles. The zero-order valence-corrected chi connectivity index (χ0v) is 6.07. The third-order valence-electron chi connectivity index (χ3n) is 0.930. The number of hydrogen-bond acceptors (Lipinski definition) is 3. The van der Waals surface area contributed by atoms with E-state index in [-0.39, 0.29) is 0 Å². The predicted molar refractivity (Wildman–Crippen MR) is 31.6 cm³/mol. The van der Waals surface area contributed by atoms with Gasteiger partial charge in [-0.25, -0.2) is 0 Å². The van der Waals surface area contributed by atoms with Crippen LogP contribution >= 0.6 is 11.6 Å². The predicted octanol–water partition coefficient (Wildman–Crippen LogP) is 1.20. The Kier molecular flexibility index (Phi) is 2.05. The number of halogens is 4. The first-order valence-electron chi connectivity index (χ1n) is 2.60. The van der Waals surface area contributed by atoms with Gasteiger partial charge in [0.1, 0.15) is 0 Å². The Morgan fingerprint density at radius 1 is 1.50 bits per heavy atom. The Balaban J connectivity index is 3.00. The van der Waals surface area contributed by atoms with E-state index in [1.165, 1.54) is 5.10 Å². The molecule has 1 N–H and O–H groups in total. The second kappa shape index (κ2) is 2.74. The van der Waals surface area contributed by atoms with Gasteiger partial charge in [0.05, 0.1) is 0 Å². The Bertz CT molecular complexity index is 307. The van der Waals surface area contributed by atoms with Crippen LogP contribution in [-0.2, 0) is 6.18 Å². The van der Waals surface area contributed by atoms with Crippen molar-refractivity contribution in [3.8, 4) is 0 Å². The summed E-state index contributed by atoms with van der Waals surface area (Å²) >= 11 is 4.82. The number of nitrogens with one attached hydrogen (secondary N) is 1. The largest absolute Gasteiger partial charge is 0.451 e. The van der Waals surface area contributed by atoms with E-state index in [0.717, 1.165) is 0 Å². The van der Waals surface area contributed by atoms with Crippen LogP contribution < -0.4 is 0 Å². The monoisotopic (exact) mass is 199 g/mol. The van der Waals surface area contributed by atoms with Gasteiger partial charge in [-0.15, -0.1) is 5.10 Å². The van der Waals surface area contributed by atoms with Crippen molar-refractivity contribution >= 4 is 16.8 Å². The maximum absolute atomic E-state index is 11.8. The van der Waals surface area contributed by atoms with Crippen LogP contribution in [0.5, 0.6) is 0 Å². The highest BCUT2D eigenvalue weighted by molar-refractivity contribution is 6.67. The number of hydrogen-bond donors (Lipinski definition) is 1. The normalized spacial score (nSPS) is 11.7. The van der Waals surface area contributed by atoms with Gasteiger partial charge in [-0.05, 0) is 11.6 Å².